The number of hydrogen-bond acceptors (Lipinski definition) is 11. The zero-order chi connectivity index (χ0) is 47.5. The van der Waals surface area contributed by atoms with Gasteiger partial charge in [0.05, 0.1) is 39.6 Å². The predicted octanol–water partition coefficient (Wildman–Crippen LogP) is 9.46. The first kappa shape index (κ1) is 45.7. The molecule has 2 aliphatic carbocycles. The second-order valence-electron chi connectivity index (χ2n) is 20.4. The van der Waals surface area contributed by atoms with Gasteiger partial charge >= 0.3 is 0 Å². The van der Waals surface area contributed by atoms with Crippen LogP contribution in [0.5, 0.6) is 11.5 Å². The molecular formula is C52H59ClFN9O5. The number of H-pyrrole nitrogens is 2. The van der Waals surface area contributed by atoms with E-state index in [0.29, 0.717) is 59.8 Å². The van der Waals surface area contributed by atoms with Crippen molar-refractivity contribution < 1.29 is 28.6 Å². The van der Waals surface area contributed by atoms with Crippen LogP contribution < -0.4 is 26.0 Å². The third kappa shape index (κ3) is 8.80. The van der Waals surface area contributed by atoms with E-state index in [-0.39, 0.29) is 49.9 Å². The van der Waals surface area contributed by atoms with Crippen LogP contribution in [-0.2, 0) is 4.79 Å². The fourth-order valence-corrected chi connectivity index (χ4v) is 11.6. The summed E-state index contributed by atoms with van der Waals surface area (Å²) in [6.07, 6.45) is 11.4. The van der Waals surface area contributed by atoms with Crippen molar-refractivity contribution in [3.05, 3.63) is 100 Å². The van der Waals surface area contributed by atoms with Gasteiger partial charge in [-0.05, 0) is 117 Å². The first-order valence-electron chi connectivity index (χ1n) is 24.0. The molecule has 356 valence electrons. The second kappa shape index (κ2) is 18.1. The molecule has 0 bridgehead atoms. The summed E-state index contributed by atoms with van der Waals surface area (Å²) in [5.41, 5.74) is 11.2. The minimum atomic E-state index is -1.18. The molecule has 68 heavy (non-hydrogen) atoms. The van der Waals surface area contributed by atoms with E-state index < -0.39 is 29.0 Å². The maximum absolute atomic E-state index is 14.7. The summed E-state index contributed by atoms with van der Waals surface area (Å²) in [5.74, 6) is -2.20. The Hall–Kier alpha value is -6.03. The number of aromatic amines is 2. The molecule has 5 heterocycles. The molecule has 2 saturated carbocycles. The maximum atomic E-state index is 14.7. The van der Waals surface area contributed by atoms with E-state index in [9.17, 15) is 23.9 Å². The van der Waals surface area contributed by atoms with Gasteiger partial charge in [0, 0.05) is 67.7 Å². The van der Waals surface area contributed by atoms with Gasteiger partial charge in [-0.1, -0.05) is 56.1 Å². The van der Waals surface area contributed by atoms with Crippen molar-refractivity contribution in [1.29, 1.82) is 0 Å². The first-order valence-corrected chi connectivity index (χ1v) is 24.4. The zero-order valence-electron chi connectivity index (χ0n) is 38.8. The topological polar surface area (TPSA) is 195 Å². The average Bonchev–Trinajstić information content (AvgIpc) is 4.09. The van der Waals surface area contributed by atoms with Crippen molar-refractivity contribution in [2.24, 2.45) is 11.3 Å². The highest BCUT2D eigenvalue weighted by Crippen LogP contribution is 2.49. The Morgan fingerprint density at radius 1 is 0.985 bits per heavy atom. The lowest BCUT2D eigenvalue weighted by molar-refractivity contribution is -0.116. The van der Waals surface area contributed by atoms with Crippen molar-refractivity contribution in [1.82, 2.24) is 30.4 Å². The largest absolute Gasteiger partial charge is 0.453 e. The molecule has 2 aliphatic heterocycles. The van der Waals surface area contributed by atoms with Gasteiger partial charge < -0.3 is 30.8 Å². The Balaban J connectivity index is 0.848. The molecule has 1 spiro atoms. The number of Topliss-reactive ketones (excluding diaryl/α,β-unsaturated/α-hetero) is 1. The molecule has 2 saturated heterocycles. The Morgan fingerprint density at radius 3 is 2.51 bits per heavy atom. The smallest absolute Gasteiger partial charge is 0.299 e. The van der Waals surface area contributed by atoms with Crippen LogP contribution in [0.15, 0.2) is 67.0 Å². The van der Waals surface area contributed by atoms with Crippen LogP contribution in [0.3, 0.4) is 0 Å². The highest BCUT2D eigenvalue weighted by Gasteiger charge is 2.49. The van der Waals surface area contributed by atoms with Crippen molar-refractivity contribution in [2.45, 2.75) is 102 Å². The van der Waals surface area contributed by atoms with Gasteiger partial charge in [-0.15, -0.1) is 0 Å². The number of ether oxygens (including phenoxy) is 1. The molecule has 3 aromatic heterocycles. The number of anilines is 3. The van der Waals surface area contributed by atoms with E-state index in [4.69, 9.17) is 22.1 Å². The number of rotatable bonds is 12. The highest BCUT2D eigenvalue weighted by atomic mass is 35.5. The van der Waals surface area contributed by atoms with Crippen LogP contribution in [0.1, 0.15) is 122 Å². The summed E-state index contributed by atoms with van der Waals surface area (Å²) >= 11 is 6.56. The molecule has 3 aromatic carbocycles. The number of aromatic nitrogens is 4. The number of fused-ring (bicyclic) bond motifs is 2. The number of halogens is 2. The number of benzene rings is 3. The van der Waals surface area contributed by atoms with Gasteiger partial charge in [0.15, 0.2) is 10.9 Å². The molecule has 7 N–H and O–H groups in total. The number of likely N-dealkylation sites (tertiary alicyclic amines) is 1. The third-order valence-electron chi connectivity index (χ3n) is 15.4. The van der Waals surface area contributed by atoms with Crippen LogP contribution in [0, 0.1) is 17.2 Å². The second-order valence-corrected chi connectivity index (χ2v) is 20.7. The third-order valence-corrected chi connectivity index (χ3v) is 15.7. The minimum Gasteiger partial charge on any atom is -0.453 e. The molecule has 0 radical (unpaired) electrons. The van der Waals surface area contributed by atoms with Gasteiger partial charge in [-0.25, -0.2) is 9.37 Å². The summed E-state index contributed by atoms with van der Waals surface area (Å²) in [4.78, 5) is 53.6. The van der Waals surface area contributed by atoms with Crippen molar-refractivity contribution in [2.75, 3.05) is 48.7 Å². The fraction of sp³-hybridized carbons (Fsp3) is 0.442. The molecule has 14 nitrogen and oxygen atoms in total. The lowest BCUT2D eigenvalue weighted by atomic mass is 9.70. The number of carbonyl (C=O) groups is 3. The summed E-state index contributed by atoms with van der Waals surface area (Å²) < 4.78 is 21.1. The number of amides is 2. The van der Waals surface area contributed by atoms with Crippen molar-refractivity contribution in [3.63, 3.8) is 0 Å². The molecule has 0 unspecified atom stereocenters. The first-order chi connectivity index (χ1) is 32.7. The number of imide groups is 1. The number of pyridine rings is 1. The Bertz CT molecular complexity index is 2900. The number of ketones is 1. The van der Waals surface area contributed by atoms with Crippen molar-refractivity contribution >= 4 is 68.2 Å². The number of aliphatic hydroxyl groups is 1. The molecule has 6 aromatic rings. The lowest BCUT2D eigenvalue weighted by Gasteiger charge is -2.57. The minimum absolute atomic E-state index is 0.00143. The molecular weight excluding hydrogens is 885 g/mol. The number of nitrogens with one attached hydrogen (secondary N) is 4. The van der Waals surface area contributed by atoms with Crippen LogP contribution in [0.4, 0.5) is 21.5 Å². The number of carbonyl (C=O) groups excluding carboxylic acids is 3. The monoisotopic (exact) mass is 943 g/mol. The molecule has 2 atom stereocenters. The number of hydrogen-bond donors (Lipinski definition) is 6. The van der Waals surface area contributed by atoms with Crippen LogP contribution >= 0.6 is 11.6 Å². The number of piperidine rings is 1. The molecule has 16 heteroatoms. The van der Waals surface area contributed by atoms with Gasteiger partial charge in [0.25, 0.3) is 17.6 Å². The summed E-state index contributed by atoms with van der Waals surface area (Å²) in [6.45, 7) is 10.8. The van der Waals surface area contributed by atoms with E-state index in [1.807, 2.05) is 6.92 Å². The van der Waals surface area contributed by atoms with E-state index in [0.717, 1.165) is 57.5 Å². The van der Waals surface area contributed by atoms with Gasteiger partial charge in [0.2, 0.25) is 0 Å². The van der Waals surface area contributed by atoms with E-state index in [1.54, 1.807) is 18.2 Å². The Kier molecular flexibility index (Phi) is 12.2. The Morgan fingerprint density at radius 2 is 1.75 bits per heavy atom. The van der Waals surface area contributed by atoms with Crippen LogP contribution in [-0.4, -0.2) is 92.1 Å². The number of nitrogens with zero attached hydrogens (tertiary/aromatic N) is 4. The number of nitrogens with two attached hydrogens (primary N) is 1. The van der Waals surface area contributed by atoms with E-state index >= 15 is 0 Å². The normalized spacial score (nSPS) is 22.8. The summed E-state index contributed by atoms with van der Waals surface area (Å²) in [7, 11) is 0. The quantitative estimate of drug-likeness (QED) is 0.0296. The molecule has 2 amide bonds. The van der Waals surface area contributed by atoms with Gasteiger partial charge in [-0.2, -0.15) is 5.10 Å². The van der Waals surface area contributed by atoms with Gasteiger partial charge in [-0.3, -0.25) is 29.7 Å². The van der Waals surface area contributed by atoms with E-state index in [1.165, 1.54) is 54.9 Å². The van der Waals surface area contributed by atoms with Crippen molar-refractivity contribution in [3.8, 4) is 11.5 Å². The number of nitrogen functional groups attached to an aromatic ring is 1. The predicted molar refractivity (Wildman–Crippen MR) is 262 cm³/mol. The Labute approximate surface area is 399 Å². The molecule has 4 aliphatic rings. The van der Waals surface area contributed by atoms with E-state index in [2.05, 4.69) is 78.7 Å². The molecule has 10 rings (SSSR count). The summed E-state index contributed by atoms with van der Waals surface area (Å²) in [5, 5.41) is 23.5. The summed E-state index contributed by atoms with van der Waals surface area (Å²) in [6, 6.07) is 17.4. The van der Waals surface area contributed by atoms with Crippen LogP contribution in [0.2, 0.25) is 5.15 Å². The van der Waals surface area contributed by atoms with Crippen LogP contribution in [0.25, 0.3) is 21.9 Å². The zero-order valence-corrected chi connectivity index (χ0v) is 39.5. The SMILES string of the molecule is CC(C)c1ccccc1[C@@H]1CCC[C@@H]1N1CC2(CCN(c3ccc(C(=O)NC(=O)C(=O)c4cc(N)c(NCC5CCC(C)(O)CC5)c5[nH]ncc45)c(Oc4cc5c(F)c[nH]c5nc4Cl)c3)CC2)C1. The molecule has 4 fully saturated rings. The fourth-order valence-electron chi connectivity index (χ4n) is 11.5. The lowest BCUT2D eigenvalue weighted by Crippen LogP contribution is -2.63. The standard InChI is InChI=1S/C52H59ClFN9O5/c1-29(2)32-7-4-5-8-33(32)34-9-6-10-41(34)63-27-52(28-63)17-19-62(20-18-52)31-11-12-35(42(21-31)68-43-23-37-39(54)26-57-48(37)59-47(43)53)49(65)60-50(66)46(64)36-22-40(55)45(44-38(36)25-58-61-44)56-24-30-13-15-51(3,67)16-14-30/h4-5,7-8,11-12,21-23,25-26,29-30,34,41,56,67H,6,9-10,13-20,24,27-28,55H2,1-3H3,(H,57,59)(H,58,61)(H,60,65,66)/t30?,34-,41-,51?/m0/s1. The maximum Gasteiger partial charge on any atom is 0.299 e. The van der Waals surface area contributed by atoms with Gasteiger partial charge in [0.1, 0.15) is 17.2 Å². The average molecular weight is 945 g/mol. The highest BCUT2D eigenvalue weighted by molar-refractivity contribution is 6.47.